The molecule has 3 amide bonds. The van der Waals surface area contributed by atoms with E-state index in [9.17, 15) is 23.6 Å². The van der Waals surface area contributed by atoms with Crippen LogP contribution in [0.5, 0.6) is 0 Å². The third-order valence-corrected chi connectivity index (χ3v) is 8.49. The van der Waals surface area contributed by atoms with Gasteiger partial charge in [0, 0.05) is 36.3 Å². The van der Waals surface area contributed by atoms with E-state index in [0.29, 0.717) is 35.6 Å². The first kappa shape index (κ1) is 35.7. The summed E-state index contributed by atoms with van der Waals surface area (Å²) in [6.45, 7) is 2.19. The van der Waals surface area contributed by atoms with Gasteiger partial charge in [0.25, 0.3) is 5.91 Å². The van der Waals surface area contributed by atoms with E-state index in [2.05, 4.69) is 10.6 Å². The number of benzene rings is 2. The third kappa shape index (κ3) is 7.66. The molecule has 3 heterocycles. The van der Waals surface area contributed by atoms with Crippen LogP contribution in [0.1, 0.15) is 59.6 Å². The van der Waals surface area contributed by atoms with Gasteiger partial charge in [-0.3, -0.25) is 9.59 Å². The minimum atomic E-state index is -4.09. The quantitative estimate of drug-likeness (QED) is 0.151. The number of amides is 3. The van der Waals surface area contributed by atoms with Crippen molar-refractivity contribution in [1.29, 1.82) is 0 Å². The predicted molar refractivity (Wildman–Crippen MR) is 180 cm³/mol. The molecule has 2 aliphatic heterocycles. The molecule has 0 unspecified atom stereocenters. The highest BCUT2D eigenvalue weighted by molar-refractivity contribution is 6.58. The Labute approximate surface area is 286 Å². The summed E-state index contributed by atoms with van der Waals surface area (Å²) in [4.78, 5) is 55.0. The number of aromatic nitrogens is 1. The number of hydrogen-bond acceptors (Lipinski definition) is 6. The first-order chi connectivity index (χ1) is 23.8. The molecule has 0 bridgehead atoms. The van der Waals surface area contributed by atoms with Gasteiger partial charge in [-0.25, -0.2) is 14.0 Å². The van der Waals surface area contributed by atoms with Crippen molar-refractivity contribution in [2.75, 3.05) is 13.2 Å². The number of hydrogen-bond donors (Lipinski definition) is 3. The van der Waals surface area contributed by atoms with Gasteiger partial charge in [-0.05, 0) is 80.8 Å². The second-order valence-electron chi connectivity index (χ2n) is 12.2. The van der Waals surface area contributed by atoms with E-state index in [-0.39, 0.29) is 18.6 Å². The highest BCUT2D eigenvalue weighted by atomic mass is 19.2. The zero-order chi connectivity index (χ0) is 36.2. The van der Waals surface area contributed by atoms with Crippen LogP contribution in [0.15, 0.2) is 78.0 Å². The van der Waals surface area contributed by atoms with Crippen LogP contribution >= 0.6 is 0 Å². The number of aryl methyl sites for hydroxylation is 2. The number of fused-ring (bicyclic) bond motifs is 2. The van der Waals surface area contributed by atoms with Crippen LogP contribution < -0.4 is 16.1 Å². The number of hydroxylamine groups is 1. The highest BCUT2D eigenvalue weighted by Gasteiger charge is 2.54. The van der Waals surface area contributed by atoms with Gasteiger partial charge in [0.1, 0.15) is 17.6 Å². The molecule has 3 N–H and O–H groups in total. The lowest BCUT2D eigenvalue weighted by atomic mass is 9.85. The fourth-order valence-corrected chi connectivity index (χ4v) is 6.40. The van der Waals surface area contributed by atoms with Gasteiger partial charge in [0.15, 0.2) is 5.70 Å². The Morgan fingerprint density at radius 3 is 2.38 bits per heavy atom. The summed E-state index contributed by atoms with van der Waals surface area (Å²) in [5.74, 6) is -3.05. The zero-order valence-electron chi connectivity index (χ0n) is 28.0. The third-order valence-electron chi connectivity index (χ3n) is 8.49. The van der Waals surface area contributed by atoms with Gasteiger partial charge >= 0.3 is 19.0 Å². The lowest BCUT2D eigenvalue weighted by molar-refractivity contribution is -0.363. The van der Waals surface area contributed by atoms with E-state index in [4.69, 9.17) is 9.57 Å². The standard InChI is InChI=1S/C35H37BF3N5O6/c1-21-17-23(3)43-31(21)28(32-22(2)18-24(4)44(32)36(43,38)39)11-8-16-49-35(48)41-29(19-25-9-6-5-7-10-25)33(46)40-20-30(45)42-50-34(47)26-12-14-27(37)15-13-26/h5-7,9-10,12-15,17-18,29H,8,11,16,19-20H2,1-4H3,(H,40,46)(H,41,48)(H,42,45)/t29-/m1/s1. The van der Waals surface area contributed by atoms with Crippen molar-refractivity contribution in [2.24, 2.45) is 0 Å². The Balaban J connectivity index is 1.18. The summed E-state index contributed by atoms with van der Waals surface area (Å²) in [6, 6.07) is 13.9. The van der Waals surface area contributed by atoms with Gasteiger partial charge in [-0.15, -0.1) is 0 Å². The van der Waals surface area contributed by atoms with Crippen molar-refractivity contribution in [3.63, 3.8) is 0 Å². The molecule has 1 aromatic heterocycles. The minimum Gasteiger partial charge on any atom is -0.450 e. The van der Waals surface area contributed by atoms with E-state index in [1.165, 1.54) is 12.1 Å². The number of allylic oxidation sites excluding steroid dienone is 3. The Kier molecular flexibility index (Phi) is 10.6. The number of carbonyl (C=O) groups excluding carboxylic acids is 4. The fraction of sp³-hybridized carbons (Fsp3) is 0.286. The van der Waals surface area contributed by atoms with Crippen molar-refractivity contribution < 1.29 is 46.3 Å². The monoisotopic (exact) mass is 691 g/mol. The first-order valence-electron chi connectivity index (χ1n) is 16.0. The summed E-state index contributed by atoms with van der Waals surface area (Å²) < 4.78 is 52.3. The van der Waals surface area contributed by atoms with E-state index >= 15 is 8.63 Å². The van der Waals surface area contributed by atoms with Crippen LogP contribution in [0, 0.1) is 19.7 Å². The van der Waals surface area contributed by atoms with Crippen LogP contribution in [-0.4, -0.2) is 64.7 Å². The number of carbonyl (C=O) groups is 4. The number of nitrogens with one attached hydrogen (secondary N) is 3. The van der Waals surface area contributed by atoms with Crippen LogP contribution in [0.4, 0.5) is 17.8 Å². The van der Waals surface area contributed by atoms with Crippen LogP contribution in [0.3, 0.4) is 0 Å². The Morgan fingerprint density at radius 1 is 0.980 bits per heavy atom. The zero-order valence-corrected chi connectivity index (χ0v) is 28.0. The average Bonchev–Trinajstić information content (AvgIpc) is 3.56. The maximum Gasteiger partial charge on any atom is 0.737 e. The molecule has 262 valence electrons. The molecule has 3 aromatic rings. The Morgan fingerprint density at radius 2 is 1.68 bits per heavy atom. The molecule has 15 heteroatoms. The normalized spacial score (nSPS) is 15.1. The van der Waals surface area contributed by atoms with Gasteiger partial charge in [-0.1, -0.05) is 30.3 Å². The molecule has 1 atom stereocenters. The molecule has 50 heavy (non-hydrogen) atoms. The van der Waals surface area contributed by atoms with Gasteiger partial charge in [0.2, 0.25) is 5.91 Å². The lowest BCUT2D eigenvalue weighted by Crippen LogP contribution is -2.51. The summed E-state index contributed by atoms with van der Waals surface area (Å²) in [7, 11) is 0. The van der Waals surface area contributed by atoms with Crippen LogP contribution in [0.25, 0.3) is 5.57 Å². The topological polar surface area (TPSA) is 131 Å². The number of alkyl carbamates (subject to hydrolysis) is 1. The number of rotatable bonds is 11. The Hall–Kier alpha value is -5.60. The predicted octanol–water partition coefficient (Wildman–Crippen LogP) is 4.75. The van der Waals surface area contributed by atoms with Gasteiger partial charge < -0.3 is 37.8 Å². The number of nitrogens with zero attached hydrogens (tertiary/aromatic N) is 2. The summed E-state index contributed by atoms with van der Waals surface area (Å²) in [5, 5.41) is 4.94. The molecule has 11 nitrogen and oxygen atoms in total. The van der Waals surface area contributed by atoms with E-state index in [1.54, 1.807) is 70.2 Å². The minimum absolute atomic E-state index is 0.000589. The van der Waals surface area contributed by atoms with E-state index in [0.717, 1.165) is 43.4 Å². The summed E-state index contributed by atoms with van der Waals surface area (Å²) in [5.41, 5.74) is 6.70. The summed E-state index contributed by atoms with van der Waals surface area (Å²) in [6.07, 6.45) is 1.60. The molecule has 0 saturated heterocycles. The molecule has 5 rings (SSSR count). The van der Waals surface area contributed by atoms with Crippen molar-refractivity contribution in [3.8, 4) is 0 Å². The second kappa shape index (κ2) is 14.9. The lowest BCUT2D eigenvalue weighted by Gasteiger charge is -2.34. The fourth-order valence-electron chi connectivity index (χ4n) is 6.40. The van der Waals surface area contributed by atoms with E-state index < -0.39 is 49.3 Å². The maximum absolute atomic E-state index is 15.8. The number of halogens is 3. The smallest absolute Gasteiger partial charge is 0.450 e. The molecule has 2 aliphatic rings. The van der Waals surface area contributed by atoms with Crippen molar-refractivity contribution in [3.05, 3.63) is 112 Å². The van der Waals surface area contributed by atoms with Gasteiger partial charge in [0.05, 0.1) is 18.7 Å². The SMILES string of the molecule is CC1=CC(C)=[N+]2C1=C(CCCOC(=O)N[C@H](Cc1ccccc1)C(=O)NCC(=O)NOC(=O)c1ccc(F)cc1)c1c(C)cc(C)n1[B-]2(F)F. The van der Waals surface area contributed by atoms with Crippen molar-refractivity contribution in [2.45, 2.75) is 53.0 Å². The largest absolute Gasteiger partial charge is 0.737 e. The second-order valence-corrected chi connectivity index (χ2v) is 12.2. The highest BCUT2D eigenvalue weighted by Crippen LogP contribution is 2.43. The maximum atomic E-state index is 15.8. The Bertz CT molecular complexity index is 1920. The molecule has 0 radical (unpaired) electrons. The molecule has 0 fully saturated rings. The van der Waals surface area contributed by atoms with Crippen molar-refractivity contribution >= 4 is 42.1 Å². The molecular formula is C35H37BF3N5O6. The molecule has 2 aromatic carbocycles. The van der Waals surface area contributed by atoms with E-state index in [1.807, 2.05) is 5.48 Å². The van der Waals surface area contributed by atoms with Crippen LogP contribution in [-0.2, 0) is 25.6 Å². The molecule has 0 saturated carbocycles. The molecule has 0 spiro atoms. The molecular weight excluding hydrogens is 654 g/mol. The summed E-state index contributed by atoms with van der Waals surface area (Å²) >= 11 is 0. The number of ether oxygens (including phenoxy) is 1. The molecule has 0 aliphatic carbocycles. The van der Waals surface area contributed by atoms with Gasteiger partial charge in [-0.2, -0.15) is 5.48 Å². The first-order valence-corrected chi connectivity index (χ1v) is 16.0. The average molecular weight is 692 g/mol. The van der Waals surface area contributed by atoms with Crippen LogP contribution in [0.2, 0.25) is 0 Å². The van der Waals surface area contributed by atoms with Crippen molar-refractivity contribution in [1.82, 2.24) is 20.6 Å².